The number of nitrogens with one attached hydrogen (secondary N) is 1. The molecule has 7 heteroatoms. The number of hydrogen-bond donors (Lipinski definition) is 1. The summed E-state index contributed by atoms with van der Waals surface area (Å²) < 4.78 is 16.3. The predicted molar refractivity (Wildman–Crippen MR) is 131 cm³/mol. The van der Waals surface area contributed by atoms with E-state index in [-0.39, 0.29) is 5.91 Å². The van der Waals surface area contributed by atoms with Gasteiger partial charge < -0.3 is 24.4 Å². The van der Waals surface area contributed by atoms with Crippen molar-refractivity contribution in [2.45, 2.75) is 32.1 Å². The molecule has 1 aromatic carbocycles. The second-order valence-corrected chi connectivity index (χ2v) is 7.92. The molecule has 33 heavy (non-hydrogen) atoms. The molecule has 7 nitrogen and oxygen atoms in total. The first-order valence-electron chi connectivity index (χ1n) is 11.3. The van der Waals surface area contributed by atoms with Gasteiger partial charge in [-0.2, -0.15) is 0 Å². The van der Waals surface area contributed by atoms with Crippen LogP contribution in [0.4, 0.5) is 5.69 Å². The molecule has 0 aromatic heterocycles. The summed E-state index contributed by atoms with van der Waals surface area (Å²) in [4.78, 5) is 19.0. The minimum atomic E-state index is 0.0292. The molecule has 1 amide bonds. The van der Waals surface area contributed by atoms with Crippen LogP contribution in [-0.4, -0.2) is 50.4 Å². The fraction of sp³-hybridized carbons (Fsp3) is 0.385. The van der Waals surface area contributed by atoms with E-state index in [2.05, 4.69) is 21.8 Å². The lowest BCUT2D eigenvalue weighted by Crippen LogP contribution is -2.32. The van der Waals surface area contributed by atoms with E-state index in [0.717, 1.165) is 31.0 Å². The van der Waals surface area contributed by atoms with Gasteiger partial charge in [-0.3, -0.25) is 9.79 Å². The average molecular weight is 452 g/mol. The molecule has 1 saturated heterocycles. The first-order chi connectivity index (χ1) is 16.1. The summed E-state index contributed by atoms with van der Waals surface area (Å²) in [6, 6.07) is 7.25. The van der Waals surface area contributed by atoms with Crippen molar-refractivity contribution in [2.75, 3.05) is 39.2 Å². The van der Waals surface area contributed by atoms with E-state index >= 15 is 0 Å². The number of nitrogens with zero attached hydrogens (tertiary/aromatic N) is 2. The van der Waals surface area contributed by atoms with Crippen LogP contribution in [0, 0.1) is 0 Å². The molecule has 1 N–H and O–H groups in total. The van der Waals surface area contributed by atoms with E-state index in [9.17, 15) is 4.79 Å². The Kier molecular flexibility index (Phi) is 9.32. The monoisotopic (exact) mass is 451 g/mol. The van der Waals surface area contributed by atoms with Gasteiger partial charge in [-0.1, -0.05) is 13.0 Å². The number of allylic oxidation sites excluding steroid dienone is 3. The average Bonchev–Trinajstić information content (AvgIpc) is 2.84. The number of methoxy groups -OCH3 is 2. The van der Waals surface area contributed by atoms with Gasteiger partial charge in [0.25, 0.3) is 0 Å². The third kappa shape index (κ3) is 7.95. The van der Waals surface area contributed by atoms with Crippen molar-refractivity contribution in [3.05, 3.63) is 72.5 Å². The fourth-order valence-corrected chi connectivity index (χ4v) is 3.69. The van der Waals surface area contributed by atoms with Gasteiger partial charge in [-0.15, -0.1) is 0 Å². The summed E-state index contributed by atoms with van der Waals surface area (Å²) in [5.41, 5.74) is 1.59. The van der Waals surface area contributed by atoms with Crippen molar-refractivity contribution in [3.8, 4) is 5.75 Å². The number of anilines is 1. The molecule has 0 atom stereocenters. The molecule has 0 spiro atoms. The molecule has 1 heterocycles. The lowest BCUT2D eigenvalue weighted by molar-refractivity contribution is -0.116. The molecule has 0 unspecified atom stereocenters. The van der Waals surface area contributed by atoms with Crippen LogP contribution in [0.5, 0.6) is 5.75 Å². The van der Waals surface area contributed by atoms with Crippen LogP contribution in [0.3, 0.4) is 0 Å². The highest BCUT2D eigenvalue weighted by atomic mass is 16.5. The Morgan fingerprint density at radius 1 is 1.12 bits per heavy atom. The van der Waals surface area contributed by atoms with Crippen LogP contribution in [-0.2, 0) is 14.3 Å². The smallest absolute Gasteiger partial charge is 0.225 e. The van der Waals surface area contributed by atoms with E-state index in [1.54, 1.807) is 38.6 Å². The number of piperidine rings is 1. The van der Waals surface area contributed by atoms with Crippen LogP contribution >= 0.6 is 0 Å². The van der Waals surface area contributed by atoms with Gasteiger partial charge in [0.05, 0.1) is 14.2 Å². The van der Waals surface area contributed by atoms with Gasteiger partial charge in [0, 0.05) is 43.1 Å². The highest BCUT2D eigenvalue weighted by molar-refractivity contribution is 5.98. The van der Waals surface area contributed by atoms with Crippen LogP contribution in [0.1, 0.15) is 32.1 Å². The van der Waals surface area contributed by atoms with E-state index in [0.29, 0.717) is 35.9 Å². The van der Waals surface area contributed by atoms with E-state index in [1.165, 1.54) is 19.3 Å². The Morgan fingerprint density at radius 3 is 2.55 bits per heavy atom. The Hall–Kier alpha value is -3.32. The maximum absolute atomic E-state index is 12.2. The van der Waals surface area contributed by atoms with Crippen molar-refractivity contribution >= 4 is 17.3 Å². The van der Waals surface area contributed by atoms with Crippen molar-refractivity contribution < 1.29 is 19.0 Å². The second kappa shape index (κ2) is 12.6. The maximum atomic E-state index is 12.2. The summed E-state index contributed by atoms with van der Waals surface area (Å²) in [5, 5.41) is 2.94. The zero-order valence-electron chi connectivity index (χ0n) is 19.5. The molecule has 0 bridgehead atoms. The summed E-state index contributed by atoms with van der Waals surface area (Å²) in [6.07, 6.45) is 12.0. The summed E-state index contributed by atoms with van der Waals surface area (Å²) in [6.45, 7) is 6.92. The van der Waals surface area contributed by atoms with Crippen molar-refractivity contribution in [3.63, 3.8) is 0 Å². The van der Waals surface area contributed by atoms with E-state index < -0.39 is 0 Å². The minimum Gasteiger partial charge on any atom is -0.493 e. The number of rotatable bonds is 10. The number of ether oxygens (including phenoxy) is 3. The van der Waals surface area contributed by atoms with Gasteiger partial charge in [0.15, 0.2) is 11.5 Å². The Labute approximate surface area is 196 Å². The molecule has 1 aliphatic heterocycles. The zero-order chi connectivity index (χ0) is 23.5. The lowest BCUT2D eigenvalue weighted by Gasteiger charge is -2.25. The Bertz CT molecular complexity index is 939. The molecule has 3 rings (SSSR count). The molecular formula is C26H33N3O4. The van der Waals surface area contributed by atoms with E-state index in [1.807, 2.05) is 24.3 Å². The molecule has 1 aromatic rings. The standard InChI is InChI=1S/C26H33N3O4/c1-20(13-15-27-22-9-12-24(31-2)25(19-22)32-3)33-23-10-7-21(8-11-23)28-26(30)14-18-29-16-5-4-6-17-29/h7-8,10-13,15,19H,1,4-6,9,14,16-18H2,2-3H3,(H,28,30)/b15-13-,27-22?. The van der Waals surface area contributed by atoms with E-state index in [4.69, 9.17) is 14.2 Å². The van der Waals surface area contributed by atoms with Crippen LogP contribution < -0.4 is 10.1 Å². The quantitative estimate of drug-likeness (QED) is 0.408. The van der Waals surface area contributed by atoms with Crippen LogP contribution in [0.25, 0.3) is 0 Å². The predicted octanol–water partition coefficient (Wildman–Crippen LogP) is 4.81. The van der Waals surface area contributed by atoms with Gasteiger partial charge in [-0.05, 0) is 62.3 Å². The third-order valence-corrected chi connectivity index (χ3v) is 5.47. The topological polar surface area (TPSA) is 72.4 Å². The summed E-state index contributed by atoms with van der Waals surface area (Å²) in [7, 11) is 3.21. The summed E-state index contributed by atoms with van der Waals surface area (Å²) >= 11 is 0. The fourth-order valence-electron chi connectivity index (χ4n) is 3.69. The number of benzene rings is 1. The highest BCUT2D eigenvalue weighted by Crippen LogP contribution is 2.20. The van der Waals surface area contributed by atoms with Gasteiger partial charge >= 0.3 is 0 Å². The molecule has 2 aliphatic rings. The SMILES string of the molecule is C=C(/C=C\N=C1C=C(OC)C(OC)=CC1)Oc1ccc(NC(=O)CCN2CCCCC2)cc1. The van der Waals surface area contributed by atoms with Crippen molar-refractivity contribution in [1.29, 1.82) is 0 Å². The third-order valence-electron chi connectivity index (χ3n) is 5.47. The molecule has 0 radical (unpaired) electrons. The van der Waals surface area contributed by atoms with Gasteiger partial charge in [0.2, 0.25) is 5.91 Å². The zero-order valence-corrected chi connectivity index (χ0v) is 19.5. The van der Waals surface area contributed by atoms with Crippen molar-refractivity contribution in [1.82, 2.24) is 4.90 Å². The van der Waals surface area contributed by atoms with Crippen molar-refractivity contribution in [2.24, 2.45) is 4.99 Å². The normalized spacial score (nSPS) is 17.9. The Morgan fingerprint density at radius 2 is 1.85 bits per heavy atom. The molecule has 1 fully saturated rings. The lowest BCUT2D eigenvalue weighted by atomic mass is 10.1. The van der Waals surface area contributed by atoms with Gasteiger partial charge in [-0.25, -0.2) is 0 Å². The number of aliphatic imine (C=N–C) groups is 1. The molecular weight excluding hydrogens is 418 g/mol. The molecule has 176 valence electrons. The molecule has 0 saturated carbocycles. The largest absolute Gasteiger partial charge is 0.493 e. The van der Waals surface area contributed by atoms with Crippen LogP contribution in [0.2, 0.25) is 0 Å². The number of amides is 1. The molecule has 1 aliphatic carbocycles. The number of carbonyl (C=O) groups is 1. The number of hydrogen-bond acceptors (Lipinski definition) is 6. The van der Waals surface area contributed by atoms with Crippen LogP contribution in [0.15, 0.2) is 77.5 Å². The maximum Gasteiger partial charge on any atom is 0.225 e. The summed E-state index contributed by atoms with van der Waals surface area (Å²) in [5.74, 6) is 2.47. The first kappa shape index (κ1) is 24.3. The number of carbonyl (C=O) groups excluding carboxylic acids is 1. The minimum absolute atomic E-state index is 0.0292. The number of likely N-dealkylation sites (tertiary alicyclic amines) is 1. The van der Waals surface area contributed by atoms with Gasteiger partial charge in [0.1, 0.15) is 11.5 Å². The Balaban J connectivity index is 1.43. The second-order valence-electron chi connectivity index (χ2n) is 7.92. The first-order valence-corrected chi connectivity index (χ1v) is 11.3. The highest BCUT2D eigenvalue weighted by Gasteiger charge is 2.13.